The summed E-state index contributed by atoms with van der Waals surface area (Å²) in [6.07, 6.45) is 0. The Hall–Kier alpha value is -0.733. The third kappa shape index (κ3) is 72.1. The number of carbonyl (C=O) groups excluding carboxylic acids is 4. The molecule has 0 aliphatic rings. The fraction of sp³-hybridized carbons (Fsp3) is 0.800. The number of carboxylic acids is 4. The van der Waals surface area contributed by atoms with E-state index in [2.05, 4.69) is 0 Å². The third-order valence-corrected chi connectivity index (χ3v) is 2.45. The number of hydrogen-bond acceptors (Lipinski definition) is 8. The van der Waals surface area contributed by atoms with Crippen LogP contribution in [0.2, 0.25) is 0 Å². The average molecular weight is 741 g/mol. The topological polar surface area (TPSA) is 161 Å². The van der Waals surface area contributed by atoms with Crippen LogP contribution in [-0.2, 0) is 61.3 Å². The molecule has 0 amide bonds. The van der Waals surface area contributed by atoms with Crippen LogP contribution in [0, 0.1) is 21.7 Å². The van der Waals surface area contributed by atoms with Gasteiger partial charge in [0.05, 0.1) is 0 Å². The maximum atomic E-state index is 9.91. The number of aliphatic carboxylic acids is 4. The van der Waals surface area contributed by atoms with Crippen molar-refractivity contribution in [2.45, 2.75) is 83.1 Å². The van der Waals surface area contributed by atoms with Crippen molar-refractivity contribution in [1.29, 1.82) is 0 Å². The van der Waals surface area contributed by atoms with Gasteiger partial charge in [0.15, 0.2) is 0 Å². The predicted octanol–water partition coefficient (Wildman–Crippen LogP) is 2.51. The number of carbonyl (C=O) groups is 4. The molecule has 0 saturated heterocycles. The second kappa shape index (κ2) is 16.4. The fourth-order valence-electron chi connectivity index (χ4n) is 0. The van der Waals surface area contributed by atoms with E-state index in [0.717, 1.165) is 0 Å². The third-order valence-electron chi connectivity index (χ3n) is 2.45. The molecule has 37 heavy (non-hydrogen) atoms. The first kappa shape index (κ1) is 52.7. The van der Waals surface area contributed by atoms with Gasteiger partial charge in [-0.3, -0.25) is 0 Å². The van der Waals surface area contributed by atoms with E-state index in [1.54, 1.807) is 83.1 Å². The zero-order valence-corrected chi connectivity index (χ0v) is 27.7. The molecule has 0 atom stereocenters. The van der Waals surface area contributed by atoms with E-state index in [9.17, 15) is 64.8 Å². The molecule has 0 aliphatic carbocycles. The summed E-state index contributed by atoms with van der Waals surface area (Å²) in [7, 11) is -10.7. The molecule has 0 aromatic carbocycles. The van der Waals surface area contributed by atoms with E-state index in [1.165, 1.54) is 0 Å². The Labute approximate surface area is 242 Å². The molecular formula is C20H36F6Mo2O8P. The van der Waals surface area contributed by atoms with Crippen LogP contribution >= 0.6 is 7.81 Å². The summed E-state index contributed by atoms with van der Waals surface area (Å²) < 4.78 is 59.2. The van der Waals surface area contributed by atoms with Crippen molar-refractivity contribution in [3.05, 3.63) is 0 Å². The minimum Gasteiger partial charge on any atom is 2.00 e. The predicted molar refractivity (Wildman–Crippen MR) is 111 cm³/mol. The molecule has 0 bridgehead atoms. The second-order valence-electron chi connectivity index (χ2n) is 11.1. The zero-order chi connectivity index (χ0) is 30.7. The quantitative estimate of drug-likeness (QED) is 0.208. The Balaban J connectivity index is -0.0000000600. The van der Waals surface area contributed by atoms with Crippen molar-refractivity contribution in [3.8, 4) is 0 Å². The zero-order valence-electron chi connectivity index (χ0n) is 22.8. The van der Waals surface area contributed by atoms with Gasteiger partial charge in [-0.15, -0.1) is 0 Å². The standard InChI is InChI=1S/4C5H10O2.F6P.2Mo/c4*1-5(2,3)4(6)7;1-7(2,3,4,5)6;;/h4*1-3H3,(H,6,7);;;/q;;;;-1;+2;+3/p-4. The summed E-state index contributed by atoms with van der Waals surface area (Å²) >= 11 is 0. The SMILES string of the molecule is CC(C)(C)C(=O)[O-].CC(C)(C)C(=O)[O-].CC(C)(C)C(=O)[O-].CC(C)(C)C(=O)[O-].F[P-](F)(F)(F)(F)F.[Mo+2].[Mo+3]. The van der Waals surface area contributed by atoms with Gasteiger partial charge in [0, 0.05) is 45.5 Å². The van der Waals surface area contributed by atoms with Crippen LogP contribution in [0.5, 0.6) is 0 Å². The van der Waals surface area contributed by atoms with Gasteiger partial charge in [-0.2, -0.15) is 0 Å². The largest absolute Gasteiger partial charge is 3.00 e. The molecule has 0 saturated carbocycles. The van der Waals surface area contributed by atoms with Gasteiger partial charge in [0.1, 0.15) is 0 Å². The smallest absolute Gasteiger partial charge is 2.00 e. The van der Waals surface area contributed by atoms with Crippen LogP contribution in [0.4, 0.5) is 25.2 Å². The van der Waals surface area contributed by atoms with E-state index in [1.807, 2.05) is 0 Å². The van der Waals surface area contributed by atoms with Crippen LogP contribution in [0.1, 0.15) is 83.1 Å². The van der Waals surface area contributed by atoms with Crippen LogP contribution in [0.25, 0.3) is 0 Å². The summed E-state index contributed by atoms with van der Waals surface area (Å²) in [5, 5.41) is 39.6. The van der Waals surface area contributed by atoms with Crippen LogP contribution in [-0.4, -0.2) is 23.9 Å². The monoisotopic (exact) mass is 745 g/mol. The summed E-state index contributed by atoms with van der Waals surface area (Å²) in [6.45, 7) is 19.2. The molecule has 0 aromatic heterocycles. The van der Waals surface area contributed by atoms with E-state index >= 15 is 0 Å². The number of rotatable bonds is 0. The van der Waals surface area contributed by atoms with Crippen LogP contribution in [0.15, 0.2) is 0 Å². The Morgan fingerprint density at radius 3 is 0.459 bits per heavy atom. The van der Waals surface area contributed by atoms with Gasteiger partial charge in [-0.1, -0.05) is 83.1 Å². The van der Waals surface area contributed by atoms with Crippen LogP contribution in [0.3, 0.4) is 0 Å². The molecule has 0 unspecified atom stereocenters. The molecule has 223 valence electrons. The van der Waals surface area contributed by atoms with Crippen molar-refractivity contribution in [2.75, 3.05) is 0 Å². The Morgan fingerprint density at radius 1 is 0.432 bits per heavy atom. The molecule has 8 nitrogen and oxygen atoms in total. The summed E-state index contributed by atoms with van der Waals surface area (Å²) in [5.41, 5.74) is -2.78. The van der Waals surface area contributed by atoms with Crippen molar-refractivity contribution >= 4 is 31.7 Å². The van der Waals surface area contributed by atoms with Crippen molar-refractivity contribution in [1.82, 2.24) is 0 Å². The molecule has 0 rings (SSSR count). The van der Waals surface area contributed by atoms with Crippen molar-refractivity contribution in [3.63, 3.8) is 0 Å². The van der Waals surface area contributed by atoms with Gasteiger partial charge in [0.25, 0.3) is 0 Å². The van der Waals surface area contributed by atoms with Gasteiger partial charge in [-0.05, 0) is 0 Å². The Bertz CT molecular complexity index is 609. The number of hydrogen-bond donors (Lipinski definition) is 0. The van der Waals surface area contributed by atoms with Gasteiger partial charge < -0.3 is 39.6 Å². The molecule has 1 radical (unpaired) electrons. The Kier molecular flexibility index (Phi) is 23.3. The van der Waals surface area contributed by atoms with E-state index in [-0.39, 0.29) is 42.1 Å². The minimum absolute atomic E-state index is 0. The summed E-state index contributed by atoms with van der Waals surface area (Å²) in [5.74, 6) is -4.03. The normalized spacial score (nSPS) is 12.9. The molecule has 0 N–H and O–H groups in total. The van der Waals surface area contributed by atoms with Crippen molar-refractivity contribution < 1.29 is 107 Å². The minimum atomic E-state index is -10.7. The van der Waals surface area contributed by atoms with Gasteiger partial charge >= 0.3 is 75.1 Å². The maximum absolute atomic E-state index is 10.7. The van der Waals surface area contributed by atoms with E-state index < -0.39 is 53.3 Å². The molecule has 0 heterocycles. The summed E-state index contributed by atoms with van der Waals surface area (Å²) in [4.78, 5) is 39.6. The Morgan fingerprint density at radius 2 is 0.459 bits per heavy atom. The molecule has 0 aromatic rings. The first-order chi connectivity index (χ1) is 14.2. The fourth-order valence-corrected chi connectivity index (χ4v) is 0. The molecule has 0 spiro atoms. The average Bonchev–Trinajstić information content (AvgIpc) is 2.41. The first-order valence-electron chi connectivity index (χ1n) is 9.65. The first-order valence-corrected chi connectivity index (χ1v) is 11.7. The summed E-state index contributed by atoms with van der Waals surface area (Å²) in [6, 6.07) is 0. The van der Waals surface area contributed by atoms with Crippen LogP contribution < -0.4 is 20.4 Å². The molecule has 0 aliphatic heterocycles. The van der Waals surface area contributed by atoms with Gasteiger partial charge in [0.2, 0.25) is 0 Å². The van der Waals surface area contributed by atoms with E-state index in [4.69, 9.17) is 0 Å². The van der Waals surface area contributed by atoms with Crippen molar-refractivity contribution in [2.24, 2.45) is 21.7 Å². The van der Waals surface area contributed by atoms with E-state index in [0.29, 0.717) is 0 Å². The molecule has 0 fully saturated rings. The molecular weight excluding hydrogens is 705 g/mol. The maximum Gasteiger partial charge on any atom is 3.00 e. The number of carboxylic acid groups (broad SMARTS) is 4. The molecule has 17 heteroatoms. The van der Waals surface area contributed by atoms with Gasteiger partial charge in [-0.25, -0.2) is 0 Å². The number of halogens is 6. The second-order valence-corrected chi connectivity index (χ2v) is 13.0.